The van der Waals surface area contributed by atoms with Crippen LogP contribution in [0.3, 0.4) is 0 Å². The third-order valence-corrected chi connectivity index (χ3v) is 5.68. The predicted molar refractivity (Wildman–Crippen MR) is 114 cm³/mol. The highest BCUT2D eigenvalue weighted by atomic mass is 16.5. The molecule has 0 aromatic heterocycles. The van der Waals surface area contributed by atoms with E-state index in [1.165, 1.54) is 11.0 Å². The smallest absolute Gasteiger partial charge is 0.261 e. The van der Waals surface area contributed by atoms with Crippen molar-refractivity contribution in [2.45, 2.75) is 19.0 Å². The van der Waals surface area contributed by atoms with Gasteiger partial charge in [0.2, 0.25) is 0 Å². The quantitative estimate of drug-likeness (QED) is 0.663. The summed E-state index contributed by atoms with van der Waals surface area (Å²) < 4.78 is 5.65. The molecule has 0 saturated heterocycles. The summed E-state index contributed by atoms with van der Waals surface area (Å²) in [5, 5.41) is 3.03. The van der Waals surface area contributed by atoms with Crippen molar-refractivity contribution in [3.8, 4) is 5.75 Å². The van der Waals surface area contributed by atoms with Crippen LogP contribution in [0, 0.1) is 0 Å². The summed E-state index contributed by atoms with van der Waals surface area (Å²) in [7, 11) is 0. The van der Waals surface area contributed by atoms with Crippen LogP contribution in [0.25, 0.3) is 0 Å². The lowest BCUT2D eigenvalue weighted by Gasteiger charge is -2.26. The van der Waals surface area contributed by atoms with Crippen LogP contribution >= 0.6 is 0 Å². The van der Waals surface area contributed by atoms with Gasteiger partial charge in [0.05, 0.1) is 30.3 Å². The average Bonchev–Trinajstić information content (AvgIpc) is 3.04. The molecular weight excluding hydrogens is 392 g/mol. The molecule has 2 aliphatic rings. The van der Waals surface area contributed by atoms with E-state index in [9.17, 15) is 14.4 Å². The third-order valence-electron chi connectivity index (χ3n) is 5.68. The fourth-order valence-electron chi connectivity index (χ4n) is 4.08. The topological polar surface area (TPSA) is 75.7 Å². The molecule has 0 fully saturated rings. The van der Waals surface area contributed by atoms with Gasteiger partial charge in [-0.15, -0.1) is 0 Å². The predicted octanol–water partition coefficient (Wildman–Crippen LogP) is 3.74. The summed E-state index contributed by atoms with van der Waals surface area (Å²) in [6.07, 6.45) is 0.663. The van der Waals surface area contributed by atoms with Crippen molar-refractivity contribution >= 4 is 17.7 Å². The summed E-state index contributed by atoms with van der Waals surface area (Å²) in [5.74, 6) is -0.235. The number of rotatable bonds is 4. The molecule has 0 saturated carbocycles. The zero-order valence-corrected chi connectivity index (χ0v) is 16.7. The number of nitrogens with zero attached hydrogens (tertiary/aromatic N) is 1. The van der Waals surface area contributed by atoms with Gasteiger partial charge in [-0.2, -0.15) is 0 Å². The first-order valence-corrected chi connectivity index (χ1v) is 10.2. The second-order valence-corrected chi connectivity index (χ2v) is 7.64. The van der Waals surface area contributed by atoms with E-state index in [-0.39, 0.29) is 35.9 Å². The maximum absolute atomic E-state index is 12.9. The minimum Gasteiger partial charge on any atom is -0.493 e. The van der Waals surface area contributed by atoms with Crippen molar-refractivity contribution in [2.24, 2.45) is 0 Å². The molecular formula is C25H20N2O4. The first-order chi connectivity index (χ1) is 15.1. The van der Waals surface area contributed by atoms with Crippen LogP contribution in [0.5, 0.6) is 5.75 Å². The van der Waals surface area contributed by atoms with Crippen LogP contribution in [-0.4, -0.2) is 29.2 Å². The molecule has 1 atom stereocenters. The number of nitrogens with one attached hydrogen (secondary N) is 1. The second kappa shape index (κ2) is 7.72. The molecule has 1 N–H and O–H groups in total. The number of imide groups is 1. The van der Waals surface area contributed by atoms with Crippen LogP contribution in [0.2, 0.25) is 0 Å². The molecule has 3 aromatic carbocycles. The minimum absolute atomic E-state index is 0.169. The maximum Gasteiger partial charge on any atom is 0.261 e. The fourth-order valence-corrected chi connectivity index (χ4v) is 4.08. The second-order valence-electron chi connectivity index (χ2n) is 7.64. The van der Waals surface area contributed by atoms with Gasteiger partial charge in [-0.3, -0.25) is 19.3 Å². The van der Waals surface area contributed by atoms with Gasteiger partial charge in [-0.25, -0.2) is 0 Å². The molecule has 1 unspecified atom stereocenters. The van der Waals surface area contributed by atoms with E-state index in [0.717, 1.165) is 16.9 Å². The third kappa shape index (κ3) is 3.46. The van der Waals surface area contributed by atoms with Crippen LogP contribution in [0.1, 0.15) is 54.7 Å². The van der Waals surface area contributed by atoms with E-state index in [2.05, 4.69) is 5.32 Å². The van der Waals surface area contributed by atoms with Crippen molar-refractivity contribution in [1.82, 2.24) is 10.2 Å². The highest BCUT2D eigenvalue weighted by Gasteiger charge is 2.36. The molecule has 0 aliphatic carbocycles. The molecule has 2 heterocycles. The number of fused-ring (bicyclic) bond motifs is 2. The van der Waals surface area contributed by atoms with Gasteiger partial charge in [0.1, 0.15) is 5.75 Å². The summed E-state index contributed by atoms with van der Waals surface area (Å²) in [5.41, 5.74) is 2.75. The Balaban J connectivity index is 1.36. The van der Waals surface area contributed by atoms with Gasteiger partial charge < -0.3 is 10.1 Å². The van der Waals surface area contributed by atoms with Gasteiger partial charge in [-0.05, 0) is 29.8 Å². The number of hydrogen-bond acceptors (Lipinski definition) is 4. The minimum atomic E-state index is -0.380. The van der Waals surface area contributed by atoms with E-state index in [1.807, 2.05) is 54.6 Å². The number of amides is 3. The monoisotopic (exact) mass is 412 g/mol. The molecule has 3 amide bonds. The molecule has 3 aromatic rings. The summed E-state index contributed by atoms with van der Waals surface area (Å²) in [6, 6.07) is 21.5. The van der Waals surface area contributed by atoms with E-state index in [1.54, 1.807) is 12.1 Å². The van der Waals surface area contributed by atoms with Crippen LogP contribution in [0.4, 0.5) is 0 Å². The van der Waals surface area contributed by atoms with Gasteiger partial charge in [0.25, 0.3) is 17.7 Å². The number of carbonyl (C=O) groups is 3. The lowest BCUT2D eigenvalue weighted by atomic mass is 9.99. The summed E-state index contributed by atoms with van der Waals surface area (Å²) >= 11 is 0. The molecule has 2 aliphatic heterocycles. The molecule has 154 valence electrons. The average molecular weight is 412 g/mol. The molecule has 31 heavy (non-hydrogen) atoms. The van der Waals surface area contributed by atoms with Crippen molar-refractivity contribution in [3.63, 3.8) is 0 Å². The Kier molecular flexibility index (Phi) is 4.75. The SMILES string of the molecule is O=C(NC1CCOc2ccccc21)c1ccc2c(c1)C(=O)N(Cc1ccccc1)C2=O. The fraction of sp³-hybridized carbons (Fsp3) is 0.160. The van der Waals surface area contributed by atoms with Gasteiger partial charge >= 0.3 is 0 Å². The summed E-state index contributed by atoms with van der Waals surface area (Å²) in [4.78, 5) is 39.8. The van der Waals surface area contributed by atoms with Crippen molar-refractivity contribution < 1.29 is 19.1 Å². The van der Waals surface area contributed by atoms with Gasteiger partial charge in [-0.1, -0.05) is 48.5 Å². The van der Waals surface area contributed by atoms with Crippen molar-refractivity contribution in [1.29, 1.82) is 0 Å². The number of para-hydroxylation sites is 1. The van der Waals surface area contributed by atoms with Crippen LogP contribution in [0.15, 0.2) is 72.8 Å². The van der Waals surface area contributed by atoms with E-state index in [0.29, 0.717) is 24.2 Å². The molecule has 0 bridgehead atoms. The van der Waals surface area contributed by atoms with E-state index < -0.39 is 0 Å². The normalized spacial score (nSPS) is 17.0. The molecule has 6 heteroatoms. The Morgan fingerprint density at radius 2 is 1.68 bits per heavy atom. The number of benzene rings is 3. The number of hydrogen-bond donors (Lipinski definition) is 1. The lowest BCUT2D eigenvalue weighted by molar-refractivity contribution is 0.0642. The zero-order valence-electron chi connectivity index (χ0n) is 16.7. The molecule has 0 spiro atoms. The van der Waals surface area contributed by atoms with Crippen LogP contribution < -0.4 is 10.1 Å². The maximum atomic E-state index is 12.9. The Bertz CT molecular complexity index is 1190. The Hall–Kier alpha value is -3.93. The van der Waals surface area contributed by atoms with Gasteiger partial charge in [0.15, 0.2) is 0 Å². The standard InChI is InChI=1S/C25H20N2O4/c28-23(26-21-12-13-31-22-9-5-4-8-19(21)22)17-10-11-18-20(14-17)25(30)27(24(18)29)15-16-6-2-1-3-7-16/h1-11,14,21H,12-13,15H2,(H,26,28). The van der Waals surface area contributed by atoms with Gasteiger partial charge in [0, 0.05) is 17.5 Å². The number of ether oxygens (including phenoxy) is 1. The molecule has 6 nitrogen and oxygen atoms in total. The molecule has 0 radical (unpaired) electrons. The first-order valence-electron chi connectivity index (χ1n) is 10.2. The van der Waals surface area contributed by atoms with Crippen LogP contribution in [-0.2, 0) is 6.54 Å². The first kappa shape index (κ1) is 19.1. The van der Waals surface area contributed by atoms with Crippen molar-refractivity contribution in [3.05, 3.63) is 101 Å². The largest absolute Gasteiger partial charge is 0.493 e. The molecule has 5 rings (SSSR count). The Labute approximate surface area is 179 Å². The highest BCUT2D eigenvalue weighted by Crippen LogP contribution is 2.32. The van der Waals surface area contributed by atoms with Crippen molar-refractivity contribution in [2.75, 3.05) is 6.61 Å². The number of carbonyl (C=O) groups excluding carboxylic acids is 3. The summed E-state index contributed by atoms with van der Waals surface area (Å²) in [6.45, 7) is 0.723. The lowest BCUT2D eigenvalue weighted by Crippen LogP contribution is -2.32. The van der Waals surface area contributed by atoms with E-state index in [4.69, 9.17) is 4.74 Å². The zero-order chi connectivity index (χ0) is 21.4. The van der Waals surface area contributed by atoms with E-state index >= 15 is 0 Å². The Morgan fingerprint density at radius 1 is 0.935 bits per heavy atom. The highest BCUT2D eigenvalue weighted by molar-refractivity contribution is 6.22. The Morgan fingerprint density at radius 3 is 2.52 bits per heavy atom.